The van der Waals surface area contributed by atoms with Crippen molar-refractivity contribution in [3.05, 3.63) is 56.8 Å². The van der Waals surface area contributed by atoms with Gasteiger partial charge in [-0.15, -0.1) is 22.7 Å². The Bertz CT molecular complexity index is 739. The summed E-state index contributed by atoms with van der Waals surface area (Å²) in [6, 6.07) is 8.20. The Balaban J connectivity index is 2.10. The number of benzene rings is 1. The lowest BCUT2D eigenvalue weighted by atomic mass is 10.1. The smallest absolute Gasteiger partial charge is 0.204 e. The number of rotatable bonds is 2. The number of carbonyl (C=O) groups is 1. The van der Waals surface area contributed by atoms with E-state index in [0.717, 1.165) is 20.5 Å². The molecule has 2 aromatic heterocycles. The third-order valence-corrected chi connectivity index (χ3v) is 4.77. The Morgan fingerprint density at radius 1 is 1.22 bits per heavy atom. The van der Waals surface area contributed by atoms with E-state index in [9.17, 15) is 9.18 Å². The van der Waals surface area contributed by atoms with Crippen molar-refractivity contribution in [2.45, 2.75) is 6.92 Å². The summed E-state index contributed by atoms with van der Waals surface area (Å²) in [5, 5.41) is 2.70. The van der Waals surface area contributed by atoms with Crippen LogP contribution >= 0.6 is 22.7 Å². The van der Waals surface area contributed by atoms with Gasteiger partial charge in [0.05, 0.1) is 4.88 Å². The van der Waals surface area contributed by atoms with Gasteiger partial charge in [0.15, 0.2) is 0 Å². The molecule has 0 fully saturated rings. The molecule has 1 nitrogen and oxygen atoms in total. The van der Waals surface area contributed by atoms with Crippen molar-refractivity contribution >= 4 is 38.5 Å². The SMILES string of the molecule is Cc1sccc1C(=O)c1cc2cc(F)ccc2s1. The number of carbonyl (C=O) groups excluding carboxylic acids is 1. The molecular weight excluding hydrogens is 267 g/mol. The van der Waals surface area contributed by atoms with Gasteiger partial charge in [0.2, 0.25) is 5.78 Å². The Labute approximate surface area is 112 Å². The third-order valence-electron chi connectivity index (χ3n) is 2.81. The van der Waals surface area contributed by atoms with Crippen molar-refractivity contribution in [1.82, 2.24) is 0 Å². The number of aryl methyl sites for hydroxylation is 1. The van der Waals surface area contributed by atoms with E-state index in [1.165, 1.54) is 23.5 Å². The maximum atomic E-state index is 13.1. The molecule has 0 bridgehead atoms. The molecule has 1 aromatic carbocycles. The van der Waals surface area contributed by atoms with Gasteiger partial charge in [0, 0.05) is 15.1 Å². The Morgan fingerprint density at radius 3 is 2.78 bits per heavy atom. The maximum Gasteiger partial charge on any atom is 0.204 e. The van der Waals surface area contributed by atoms with Crippen molar-refractivity contribution in [2.75, 3.05) is 0 Å². The van der Waals surface area contributed by atoms with Crippen molar-refractivity contribution < 1.29 is 9.18 Å². The molecule has 0 radical (unpaired) electrons. The van der Waals surface area contributed by atoms with E-state index in [1.807, 2.05) is 18.4 Å². The van der Waals surface area contributed by atoms with Gasteiger partial charge in [-0.3, -0.25) is 4.79 Å². The minimum Gasteiger partial charge on any atom is -0.288 e. The summed E-state index contributed by atoms with van der Waals surface area (Å²) in [5.74, 6) is -0.249. The highest BCUT2D eigenvalue weighted by Crippen LogP contribution is 2.29. The molecule has 0 spiro atoms. The number of ketones is 1. The van der Waals surface area contributed by atoms with Crippen molar-refractivity contribution in [3.8, 4) is 0 Å². The second-order valence-electron chi connectivity index (χ2n) is 4.01. The fraction of sp³-hybridized carbons (Fsp3) is 0.0714. The van der Waals surface area contributed by atoms with Gasteiger partial charge in [-0.25, -0.2) is 4.39 Å². The topological polar surface area (TPSA) is 17.1 Å². The first-order valence-corrected chi connectivity index (χ1v) is 7.12. The standard InChI is InChI=1S/C14H9FOS2/c1-8-11(4-5-17-8)14(16)13-7-9-6-10(15)2-3-12(9)18-13/h2-7H,1H3. The lowest BCUT2D eigenvalue weighted by Crippen LogP contribution is -1.97. The van der Waals surface area contributed by atoms with Gasteiger partial charge in [-0.05, 0) is 48.0 Å². The summed E-state index contributed by atoms with van der Waals surface area (Å²) < 4.78 is 14.0. The monoisotopic (exact) mass is 276 g/mol. The maximum absolute atomic E-state index is 13.1. The van der Waals surface area contributed by atoms with Gasteiger partial charge < -0.3 is 0 Å². The number of hydrogen-bond acceptors (Lipinski definition) is 3. The molecule has 0 unspecified atom stereocenters. The Morgan fingerprint density at radius 2 is 2.06 bits per heavy atom. The lowest BCUT2D eigenvalue weighted by molar-refractivity contribution is 0.104. The van der Waals surface area contributed by atoms with Gasteiger partial charge in [0.1, 0.15) is 5.82 Å². The fourth-order valence-corrected chi connectivity index (χ4v) is 3.57. The molecule has 4 heteroatoms. The first kappa shape index (κ1) is 11.6. The third kappa shape index (κ3) is 1.87. The molecule has 18 heavy (non-hydrogen) atoms. The predicted molar refractivity (Wildman–Crippen MR) is 74.3 cm³/mol. The highest BCUT2D eigenvalue weighted by Gasteiger charge is 2.15. The van der Waals surface area contributed by atoms with E-state index >= 15 is 0 Å². The van der Waals surface area contributed by atoms with Crippen LogP contribution in [-0.4, -0.2) is 5.78 Å². The van der Waals surface area contributed by atoms with Crippen LogP contribution in [0.25, 0.3) is 10.1 Å². The van der Waals surface area contributed by atoms with Gasteiger partial charge in [-0.1, -0.05) is 0 Å². The summed E-state index contributed by atoms with van der Waals surface area (Å²) in [6.07, 6.45) is 0. The van der Waals surface area contributed by atoms with Gasteiger partial charge in [-0.2, -0.15) is 0 Å². The normalized spacial score (nSPS) is 11.0. The van der Waals surface area contributed by atoms with Crippen LogP contribution in [-0.2, 0) is 0 Å². The summed E-state index contributed by atoms with van der Waals surface area (Å²) >= 11 is 2.97. The number of fused-ring (bicyclic) bond motifs is 1. The van der Waals surface area contributed by atoms with Crippen LogP contribution < -0.4 is 0 Å². The second kappa shape index (κ2) is 4.30. The number of halogens is 1. The van der Waals surface area contributed by atoms with E-state index in [1.54, 1.807) is 23.5 Å². The van der Waals surface area contributed by atoms with Crippen molar-refractivity contribution in [1.29, 1.82) is 0 Å². The largest absolute Gasteiger partial charge is 0.288 e. The van der Waals surface area contributed by atoms with Gasteiger partial charge >= 0.3 is 0 Å². The first-order chi connectivity index (χ1) is 8.65. The minimum atomic E-state index is -0.272. The van der Waals surface area contributed by atoms with E-state index < -0.39 is 0 Å². The predicted octanol–water partition coefficient (Wildman–Crippen LogP) is 4.64. The van der Waals surface area contributed by atoms with Crippen LogP contribution in [0.2, 0.25) is 0 Å². The zero-order valence-corrected chi connectivity index (χ0v) is 11.2. The van der Waals surface area contributed by atoms with Crippen LogP contribution in [0.4, 0.5) is 4.39 Å². The van der Waals surface area contributed by atoms with Crippen LogP contribution in [0.1, 0.15) is 20.1 Å². The molecule has 0 aliphatic rings. The molecule has 0 amide bonds. The molecule has 0 aliphatic carbocycles. The molecule has 2 heterocycles. The fourth-order valence-electron chi connectivity index (χ4n) is 1.88. The number of thiophene rings is 2. The molecule has 0 saturated heterocycles. The minimum absolute atomic E-state index is 0.0235. The average molecular weight is 276 g/mol. The highest BCUT2D eigenvalue weighted by molar-refractivity contribution is 7.21. The second-order valence-corrected chi connectivity index (χ2v) is 6.22. The lowest BCUT2D eigenvalue weighted by Gasteiger charge is -1.94. The Kier molecular flexibility index (Phi) is 2.76. The van der Waals surface area contributed by atoms with Crippen LogP contribution in [0.5, 0.6) is 0 Å². The molecule has 0 atom stereocenters. The van der Waals surface area contributed by atoms with Crippen molar-refractivity contribution in [3.63, 3.8) is 0 Å². The summed E-state index contributed by atoms with van der Waals surface area (Å²) in [4.78, 5) is 14.0. The molecular formula is C14H9FOS2. The molecule has 90 valence electrons. The molecule has 3 rings (SSSR count). The molecule has 0 N–H and O–H groups in total. The molecule has 3 aromatic rings. The van der Waals surface area contributed by atoms with Crippen molar-refractivity contribution in [2.24, 2.45) is 0 Å². The molecule has 0 aliphatic heterocycles. The van der Waals surface area contributed by atoms with E-state index in [0.29, 0.717) is 4.88 Å². The quantitative estimate of drug-likeness (QED) is 0.623. The summed E-state index contributed by atoms with van der Waals surface area (Å²) in [7, 11) is 0. The highest BCUT2D eigenvalue weighted by atomic mass is 32.1. The molecule has 0 saturated carbocycles. The van der Waals surface area contributed by atoms with Gasteiger partial charge in [0.25, 0.3) is 0 Å². The average Bonchev–Trinajstić information content (AvgIpc) is 2.93. The van der Waals surface area contributed by atoms with E-state index in [-0.39, 0.29) is 11.6 Å². The van der Waals surface area contributed by atoms with Crippen LogP contribution in [0.3, 0.4) is 0 Å². The summed E-state index contributed by atoms with van der Waals surface area (Å²) in [6.45, 7) is 1.94. The van der Waals surface area contributed by atoms with E-state index in [4.69, 9.17) is 0 Å². The summed E-state index contributed by atoms with van der Waals surface area (Å²) in [5.41, 5.74) is 0.743. The zero-order chi connectivity index (χ0) is 12.7. The van der Waals surface area contributed by atoms with E-state index in [2.05, 4.69) is 0 Å². The first-order valence-electron chi connectivity index (χ1n) is 5.43. The Hall–Kier alpha value is -1.52. The van der Waals surface area contributed by atoms with Crippen LogP contribution in [0.15, 0.2) is 35.7 Å². The number of hydrogen-bond donors (Lipinski definition) is 0. The van der Waals surface area contributed by atoms with Crippen LogP contribution in [0, 0.1) is 12.7 Å². The zero-order valence-electron chi connectivity index (χ0n) is 9.57.